The smallest absolute Gasteiger partial charge is 0.258 e. The first-order valence-corrected chi connectivity index (χ1v) is 7.99. The lowest BCUT2D eigenvalue weighted by Gasteiger charge is -2.23. The lowest BCUT2D eigenvalue weighted by Crippen LogP contribution is -2.33. The van der Waals surface area contributed by atoms with Crippen LogP contribution in [0.4, 0.5) is 4.39 Å². The minimum absolute atomic E-state index is 0.0353. The van der Waals surface area contributed by atoms with Crippen LogP contribution in [0.3, 0.4) is 0 Å². The second-order valence-corrected chi connectivity index (χ2v) is 6.40. The molecule has 2 N–H and O–H groups in total. The number of halogens is 2. The predicted molar refractivity (Wildman–Crippen MR) is 86.0 cm³/mol. The quantitative estimate of drug-likeness (QED) is 0.810. The van der Waals surface area contributed by atoms with E-state index in [1.165, 1.54) is 18.2 Å². The van der Waals surface area contributed by atoms with E-state index in [1.54, 1.807) is 4.90 Å². The fourth-order valence-corrected chi connectivity index (χ4v) is 3.28. The van der Waals surface area contributed by atoms with E-state index < -0.39 is 11.7 Å². The number of aliphatic hydroxyl groups excluding tert-OH is 2. The van der Waals surface area contributed by atoms with Crippen LogP contribution in [0, 0.1) is 17.7 Å². The Morgan fingerprint density at radius 3 is 2.70 bits per heavy atom. The number of benzene rings is 1. The molecular weight excluding hydrogens is 323 g/mol. The molecule has 2 rings (SSSR count). The summed E-state index contributed by atoms with van der Waals surface area (Å²) >= 11 is 5.96. The lowest BCUT2D eigenvalue weighted by atomic mass is 9.96. The van der Waals surface area contributed by atoms with E-state index >= 15 is 0 Å². The predicted octanol–water partition coefficient (Wildman–Crippen LogP) is 1.08. The van der Waals surface area contributed by atoms with Crippen LogP contribution in [0.25, 0.3) is 0 Å². The molecule has 0 aromatic heterocycles. The number of likely N-dealkylation sites (tertiary alicyclic amines) is 1. The molecule has 0 aliphatic carbocycles. The van der Waals surface area contributed by atoms with Gasteiger partial charge >= 0.3 is 0 Å². The molecule has 0 radical (unpaired) electrons. The van der Waals surface area contributed by atoms with Gasteiger partial charge in [0.05, 0.1) is 17.2 Å². The van der Waals surface area contributed by atoms with Crippen LogP contribution < -0.4 is 0 Å². The summed E-state index contributed by atoms with van der Waals surface area (Å²) in [4.78, 5) is 16.1. The van der Waals surface area contributed by atoms with Gasteiger partial charge in [-0.25, -0.2) is 4.39 Å². The van der Waals surface area contributed by atoms with Crippen molar-refractivity contribution in [2.24, 2.45) is 11.8 Å². The third-order valence-corrected chi connectivity index (χ3v) is 4.62. The highest BCUT2D eigenvalue weighted by Crippen LogP contribution is 2.28. The summed E-state index contributed by atoms with van der Waals surface area (Å²) in [5, 5.41) is 18.6. The molecule has 0 saturated carbocycles. The third kappa shape index (κ3) is 4.20. The van der Waals surface area contributed by atoms with E-state index in [2.05, 4.69) is 0 Å². The van der Waals surface area contributed by atoms with Crippen molar-refractivity contribution in [2.45, 2.75) is 0 Å². The molecule has 5 nitrogen and oxygen atoms in total. The fourth-order valence-electron chi connectivity index (χ4n) is 3.04. The Labute approximate surface area is 140 Å². The van der Waals surface area contributed by atoms with Crippen molar-refractivity contribution in [2.75, 3.05) is 46.4 Å². The van der Waals surface area contributed by atoms with Crippen molar-refractivity contribution in [3.8, 4) is 0 Å². The van der Waals surface area contributed by atoms with E-state index in [0.29, 0.717) is 26.2 Å². The number of amides is 1. The summed E-state index contributed by atoms with van der Waals surface area (Å²) in [5.74, 6) is -1.07. The topological polar surface area (TPSA) is 64.0 Å². The first-order chi connectivity index (χ1) is 11.0. The molecule has 1 fully saturated rings. The van der Waals surface area contributed by atoms with Crippen LogP contribution in [0.15, 0.2) is 18.2 Å². The van der Waals surface area contributed by atoms with Crippen molar-refractivity contribution < 1.29 is 19.4 Å². The van der Waals surface area contributed by atoms with Crippen LogP contribution >= 0.6 is 11.6 Å². The normalized spacial score (nSPS) is 21.2. The minimum atomic E-state index is -0.635. The number of aliphatic hydroxyl groups is 2. The standard InChI is InChI=1S/C16H22ClFN2O3/c1-19(5-6-21)7-11-8-20(9-12(11)10-22)16(23)15-13(17)3-2-4-14(15)18/h2-4,11-12,21-22H,5-10H2,1H3/t11-,12-/m1/s1. The molecule has 1 aliphatic rings. The molecule has 1 aliphatic heterocycles. The van der Waals surface area contributed by atoms with Crippen molar-refractivity contribution in [1.82, 2.24) is 9.80 Å². The van der Waals surface area contributed by atoms with Gasteiger partial charge in [0.15, 0.2) is 0 Å². The van der Waals surface area contributed by atoms with E-state index in [-0.39, 0.29) is 35.6 Å². The summed E-state index contributed by atoms with van der Waals surface area (Å²) < 4.78 is 13.9. The summed E-state index contributed by atoms with van der Waals surface area (Å²) in [6, 6.07) is 4.16. The molecule has 1 amide bonds. The summed E-state index contributed by atoms with van der Waals surface area (Å²) in [6.45, 7) is 2.01. The number of likely N-dealkylation sites (N-methyl/N-ethyl adjacent to an activating group) is 1. The fraction of sp³-hybridized carbons (Fsp3) is 0.562. The zero-order chi connectivity index (χ0) is 17.0. The minimum Gasteiger partial charge on any atom is -0.396 e. The average molecular weight is 345 g/mol. The van der Waals surface area contributed by atoms with E-state index in [1.807, 2.05) is 11.9 Å². The molecule has 1 saturated heterocycles. The lowest BCUT2D eigenvalue weighted by molar-refractivity contribution is 0.0774. The van der Waals surface area contributed by atoms with Crippen LogP contribution in [-0.2, 0) is 0 Å². The number of nitrogens with zero attached hydrogens (tertiary/aromatic N) is 2. The van der Waals surface area contributed by atoms with Crippen molar-refractivity contribution in [3.05, 3.63) is 34.6 Å². The molecule has 0 unspecified atom stereocenters. The molecule has 0 bridgehead atoms. The molecular formula is C16H22ClFN2O3. The van der Waals surface area contributed by atoms with Gasteiger partial charge in [0.2, 0.25) is 0 Å². The zero-order valence-corrected chi connectivity index (χ0v) is 13.8. The highest BCUT2D eigenvalue weighted by Gasteiger charge is 2.36. The van der Waals surface area contributed by atoms with Gasteiger partial charge in [0.25, 0.3) is 5.91 Å². The molecule has 1 heterocycles. The molecule has 2 atom stereocenters. The van der Waals surface area contributed by atoms with Crippen LogP contribution in [0.2, 0.25) is 5.02 Å². The highest BCUT2D eigenvalue weighted by atomic mass is 35.5. The summed E-state index contributed by atoms with van der Waals surface area (Å²) in [6.07, 6.45) is 0. The largest absolute Gasteiger partial charge is 0.396 e. The van der Waals surface area contributed by atoms with Crippen molar-refractivity contribution in [3.63, 3.8) is 0 Å². The van der Waals surface area contributed by atoms with E-state index in [0.717, 1.165) is 0 Å². The van der Waals surface area contributed by atoms with E-state index in [4.69, 9.17) is 16.7 Å². The average Bonchev–Trinajstić information content (AvgIpc) is 2.90. The monoisotopic (exact) mass is 344 g/mol. The highest BCUT2D eigenvalue weighted by molar-refractivity contribution is 6.33. The summed E-state index contributed by atoms with van der Waals surface area (Å²) in [7, 11) is 1.88. The number of rotatable bonds is 6. The molecule has 1 aromatic rings. The molecule has 0 spiro atoms. The maximum absolute atomic E-state index is 13.9. The van der Waals surface area contributed by atoms with Gasteiger partial charge in [0.1, 0.15) is 5.82 Å². The Hall–Kier alpha value is -1.21. The van der Waals surface area contributed by atoms with Gasteiger partial charge in [-0.1, -0.05) is 17.7 Å². The SMILES string of the molecule is CN(CCO)C[C@@H]1CN(C(=O)c2c(F)cccc2Cl)C[C@@H]1CO. The summed E-state index contributed by atoms with van der Waals surface area (Å²) in [5.41, 5.74) is -0.116. The first kappa shape index (κ1) is 18.1. The number of hydrogen-bond acceptors (Lipinski definition) is 4. The van der Waals surface area contributed by atoms with Crippen molar-refractivity contribution in [1.29, 1.82) is 0 Å². The third-order valence-electron chi connectivity index (χ3n) is 4.30. The van der Waals surface area contributed by atoms with Crippen LogP contribution in [0.1, 0.15) is 10.4 Å². The maximum Gasteiger partial charge on any atom is 0.258 e. The van der Waals surface area contributed by atoms with Crippen molar-refractivity contribution >= 4 is 17.5 Å². The number of carbonyl (C=O) groups excluding carboxylic acids is 1. The van der Waals surface area contributed by atoms with Gasteiger partial charge < -0.3 is 20.0 Å². The van der Waals surface area contributed by atoms with Gasteiger partial charge in [0, 0.05) is 38.7 Å². The second-order valence-electron chi connectivity index (χ2n) is 6.00. The van der Waals surface area contributed by atoms with Gasteiger partial charge in [-0.05, 0) is 25.1 Å². The van der Waals surface area contributed by atoms with E-state index in [9.17, 15) is 14.3 Å². The number of carbonyl (C=O) groups is 1. The maximum atomic E-state index is 13.9. The molecule has 1 aromatic carbocycles. The Morgan fingerprint density at radius 1 is 1.39 bits per heavy atom. The Kier molecular flexibility index (Phi) is 6.35. The molecule has 128 valence electrons. The second kappa shape index (κ2) is 8.06. The van der Waals surface area contributed by atoms with Gasteiger partial charge in [-0.15, -0.1) is 0 Å². The first-order valence-electron chi connectivity index (χ1n) is 7.61. The Bertz CT molecular complexity index is 538. The van der Waals surface area contributed by atoms with Crippen LogP contribution in [0.5, 0.6) is 0 Å². The van der Waals surface area contributed by atoms with Gasteiger partial charge in [-0.2, -0.15) is 0 Å². The molecule has 7 heteroatoms. The molecule has 23 heavy (non-hydrogen) atoms. The van der Waals surface area contributed by atoms with Gasteiger partial charge in [-0.3, -0.25) is 4.79 Å². The number of hydrogen-bond donors (Lipinski definition) is 2. The Morgan fingerprint density at radius 2 is 2.09 bits per heavy atom. The zero-order valence-electron chi connectivity index (χ0n) is 13.1. The van der Waals surface area contributed by atoms with Crippen LogP contribution in [-0.4, -0.2) is 72.4 Å². The Balaban J connectivity index is 2.11.